The maximum absolute atomic E-state index is 9.49. The van der Waals surface area contributed by atoms with Gasteiger partial charge in [-0.1, -0.05) is 28.4 Å². The van der Waals surface area contributed by atoms with Crippen LogP contribution in [0.4, 0.5) is 0 Å². The van der Waals surface area contributed by atoms with E-state index in [2.05, 4.69) is 15.1 Å². The fourth-order valence-corrected chi connectivity index (χ4v) is 3.17. The average Bonchev–Trinajstić information content (AvgIpc) is 3.23. The Bertz CT molecular complexity index is 1120. The highest BCUT2D eigenvalue weighted by molar-refractivity contribution is 6.37. The number of ether oxygens (including phenoxy) is 2. The average molecular weight is 478 g/mol. The Morgan fingerprint density at radius 2 is 1.88 bits per heavy atom. The summed E-state index contributed by atoms with van der Waals surface area (Å²) in [5.41, 5.74) is 6.97. The van der Waals surface area contributed by atoms with Gasteiger partial charge in [-0.2, -0.15) is 10.2 Å². The highest BCUT2D eigenvalue weighted by atomic mass is 35.5. The van der Waals surface area contributed by atoms with Gasteiger partial charge < -0.3 is 24.8 Å². The van der Waals surface area contributed by atoms with Crippen molar-refractivity contribution < 1.29 is 19.1 Å². The number of nitrogens with two attached hydrogens (primary N) is 1. The number of aromatic nitrogens is 3. The van der Waals surface area contributed by atoms with Gasteiger partial charge in [-0.15, -0.1) is 0 Å². The minimum absolute atomic E-state index is 0.0353. The van der Waals surface area contributed by atoms with E-state index in [0.29, 0.717) is 11.1 Å². The van der Waals surface area contributed by atoms with Gasteiger partial charge in [0.15, 0.2) is 5.75 Å². The highest BCUT2D eigenvalue weighted by Crippen LogP contribution is 2.37. The molecule has 0 aliphatic heterocycles. The number of aliphatic hydroxyl groups is 1. The molecule has 0 spiro atoms. The number of pyridine rings is 1. The van der Waals surface area contributed by atoms with Crippen LogP contribution in [0.2, 0.25) is 10.0 Å². The van der Waals surface area contributed by atoms with Crippen molar-refractivity contribution in [3.05, 3.63) is 40.0 Å². The second kappa shape index (κ2) is 10.1. The standard InChI is InChI=1S/C21H21Cl2N5O4/c1-10(2)31-20-13(7-24)4-14(8-26-20)21-27-19(28-32-21)12-5-15(22)18(16(23)6-12)30-9-17(25)11(3)29/h4-6,8,10-11,17,29H,9,25H2,1-3H3/t11-,17+/m1/s1. The molecule has 9 nitrogen and oxygen atoms in total. The molecule has 2 atom stereocenters. The van der Waals surface area contributed by atoms with Crippen molar-refractivity contribution in [2.75, 3.05) is 6.61 Å². The van der Waals surface area contributed by atoms with Crippen LogP contribution in [0, 0.1) is 11.3 Å². The lowest BCUT2D eigenvalue weighted by molar-refractivity contribution is 0.131. The van der Waals surface area contributed by atoms with E-state index < -0.39 is 12.1 Å². The third kappa shape index (κ3) is 5.47. The monoisotopic (exact) mass is 477 g/mol. The molecule has 3 aromatic rings. The molecule has 0 aliphatic rings. The third-order valence-corrected chi connectivity index (χ3v) is 4.85. The molecule has 0 aliphatic carbocycles. The number of aliphatic hydroxyl groups excluding tert-OH is 1. The maximum Gasteiger partial charge on any atom is 0.259 e. The summed E-state index contributed by atoms with van der Waals surface area (Å²) in [6.07, 6.45) is 0.615. The lowest BCUT2D eigenvalue weighted by atomic mass is 10.2. The van der Waals surface area contributed by atoms with Gasteiger partial charge in [0, 0.05) is 11.8 Å². The molecule has 0 amide bonds. The van der Waals surface area contributed by atoms with Crippen LogP contribution in [0.25, 0.3) is 22.8 Å². The highest BCUT2D eigenvalue weighted by Gasteiger charge is 2.19. The molecule has 0 radical (unpaired) electrons. The fraction of sp³-hybridized carbons (Fsp3) is 0.333. The predicted molar refractivity (Wildman–Crippen MR) is 119 cm³/mol. The van der Waals surface area contributed by atoms with Gasteiger partial charge in [0.1, 0.15) is 18.2 Å². The van der Waals surface area contributed by atoms with Crippen LogP contribution >= 0.6 is 23.2 Å². The first-order valence-corrected chi connectivity index (χ1v) is 10.4. The summed E-state index contributed by atoms with van der Waals surface area (Å²) in [7, 11) is 0. The summed E-state index contributed by atoms with van der Waals surface area (Å²) in [6, 6.07) is 6.16. The van der Waals surface area contributed by atoms with Crippen molar-refractivity contribution in [2.24, 2.45) is 5.73 Å². The van der Waals surface area contributed by atoms with Crippen molar-refractivity contribution in [1.82, 2.24) is 15.1 Å². The quantitative estimate of drug-likeness (QED) is 0.494. The molecule has 0 fully saturated rings. The number of halogens is 2. The van der Waals surface area contributed by atoms with Gasteiger partial charge in [0.2, 0.25) is 11.7 Å². The number of rotatable bonds is 8. The van der Waals surface area contributed by atoms with E-state index in [1.165, 1.54) is 6.20 Å². The van der Waals surface area contributed by atoms with Gasteiger partial charge in [-0.05, 0) is 39.0 Å². The van der Waals surface area contributed by atoms with Crippen LogP contribution < -0.4 is 15.2 Å². The van der Waals surface area contributed by atoms with E-state index in [0.717, 1.165) is 0 Å². The Balaban J connectivity index is 1.85. The normalized spacial score (nSPS) is 13.0. The minimum atomic E-state index is -0.744. The van der Waals surface area contributed by atoms with E-state index in [9.17, 15) is 10.4 Å². The van der Waals surface area contributed by atoms with Crippen molar-refractivity contribution in [3.8, 4) is 40.5 Å². The zero-order chi connectivity index (χ0) is 23.4. The van der Waals surface area contributed by atoms with Gasteiger partial charge >= 0.3 is 0 Å². The number of hydrogen-bond acceptors (Lipinski definition) is 9. The topological polar surface area (TPSA) is 140 Å². The zero-order valence-electron chi connectivity index (χ0n) is 17.5. The molecule has 168 valence electrons. The van der Waals surface area contributed by atoms with Crippen LogP contribution in [0.5, 0.6) is 11.6 Å². The van der Waals surface area contributed by atoms with Crippen LogP contribution in [0.1, 0.15) is 26.3 Å². The third-order valence-electron chi connectivity index (χ3n) is 4.29. The fourth-order valence-electron chi connectivity index (χ4n) is 2.57. The first kappa shape index (κ1) is 23.8. The number of hydrogen-bond donors (Lipinski definition) is 2. The second-order valence-corrected chi connectivity index (χ2v) is 8.08. The van der Waals surface area contributed by atoms with Crippen LogP contribution in [-0.2, 0) is 0 Å². The molecule has 0 bridgehead atoms. The van der Waals surface area contributed by atoms with E-state index >= 15 is 0 Å². The molecule has 3 rings (SSSR count). The molecule has 0 saturated carbocycles. The summed E-state index contributed by atoms with van der Waals surface area (Å²) in [6.45, 7) is 5.28. The molecule has 3 N–H and O–H groups in total. The van der Waals surface area contributed by atoms with Gasteiger partial charge in [-0.3, -0.25) is 0 Å². The van der Waals surface area contributed by atoms with E-state index in [-0.39, 0.29) is 51.7 Å². The van der Waals surface area contributed by atoms with Gasteiger partial charge in [0.05, 0.1) is 33.9 Å². The van der Waals surface area contributed by atoms with Crippen LogP contribution in [0.15, 0.2) is 28.9 Å². The van der Waals surface area contributed by atoms with Crippen LogP contribution in [0.3, 0.4) is 0 Å². The van der Waals surface area contributed by atoms with Crippen molar-refractivity contribution >= 4 is 23.2 Å². The lowest BCUT2D eigenvalue weighted by Crippen LogP contribution is -2.38. The number of benzene rings is 1. The SMILES string of the molecule is CC(C)Oc1ncc(-c2nc(-c3cc(Cl)c(OC[C@H](N)[C@@H](C)O)c(Cl)c3)no2)cc1C#N. The van der Waals surface area contributed by atoms with Crippen molar-refractivity contribution in [3.63, 3.8) is 0 Å². The molecule has 32 heavy (non-hydrogen) atoms. The molecular weight excluding hydrogens is 457 g/mol. The Hall–Kier alpha value is -2.90. The molecular formula is C21H21Cl2N5O4. The summed E-state index contributed by atoms with van der Waals surface area (Å²) < 4.78 is 16.4. The van der Waals surface area contributed by atoms with E-state index in [1.807, 2.05) is 19.9 Å². The summed E-state index contributed by atoms with van der Waals surface area (Å²) in [4.78, 5) is 8.52. The Kier molecular flexibility index (Phi) is 7.53. The number of nitriles is 1. The van der Waals surface area contributed by atoms with E-state index in [4.69, 9.17) is 42.9 Å². The molecule has 0 unspecified atom stereocenters. The zero-order valence-corrected chi connectivity index (χ0v) is 19.1. The Labute approximate surface area is 194 Å². The maximum atomic E-state index is 9.49. The molecule has 11 heteroatoms. The summed E-state index contributed by atoms with van der Waals surface area (Å²) in [5.74, 6) is 0.864. The Morgan fingerprint density at radius 3 is 2.47 bits per heavy atom. The second-order valence-electron chi connectivity index (χ2n) is 7.26. The van der Waals surface area contributed by atoms with E-state index in [1.54, 1.807) is 25.1 Å². The predicted octanol–water partition coefficient (Wildman–Crippen LogP) is 3.85. The summed E-state index contributed by atoms with van der Waals surface area (Å²) >= 11 is 12.6. The lowest BCUT2D eigenvalue weighted by Gasteiger charge is -2.17. The number of nitrogens with zero attached hydrogens (tertiary/aromatic N) is 4. The first-order chi connectivity index (χ1) is 15.2. The Morgan fingerprint density at radius 1 is 1.19 bits per heavy atom. The van der Waals surface area contributed by atoms with Gasteiger partial charge in [-0.25, -0.2) is 4.98 Å². The van der Waals surface area contributed by atoms with Crippen LogP contribution in [-0.4, -0.2) is 45.1 Å². The van der Waals surface area contributed by atoms with Crippen molar-refractivity contribution in [1.29, 1.82) is 5.26 Å². The van der Waals surface area contributed by atoms with Crippen molar-refractivity contribution in [2.45, 2.75) is 39.0 Å². The minimum Gasteiger partial charge on any atom is -0.489 e. The molecule has 2 aromatic heterocycles. The first-order valence-electron chi connectivity index (χ1n) is 9.66. The smallest absolute Gasteiger partial charge is 0.259 e. The molecule has 1 aromatic carbocycles. The largest absolute Gasteiger partial charge is 0.489 e. The summed E-state index contributed by atoms with van der Waals surface area (Å²) in [5, 5.41) is 23.3. The van der Waals surface area contributed by atoms with Gasteiger partial charge in [0.25, 0.3) is 5.89 Å². The molecule has 2 heterocycles. The molecule has 0 saturated heterocycles.